The third kappa shape index (κ3) is 16.3. The Labute approximate surface area is 308 Å². The van der Waals surface area contributed by atoms with Crippen LogP contribution in [0.15, 0.2) is 48.5 Å². The van der Waals surface area contributed by atoms with Crippen LogP contribution in [0.3, 0.4) is 0 Å². The number of nitrogens with zero attached hydrogens (tertiary/aromatic N) is 3. The summed E-state index contributed by atoms with van der Waals surface area (Å²) in [7, 11) is 0. The Kier molecular flexibility index (Phi) is 15.5. The minimum absolute atomic E-state index is 0.342. The van der Waals surface area contributed by atoms with Crippen molar-refractivity contribution in [2.45, 2.75) is 111 Å². The second-order valence-corrected chi connectivity index (χ2v) is 16.7. The van der Waals surface area contributed by atoms with Gasteiger partial charge in [-0.25, -0.2) is 19.4 Å². The molecular formula is C39H59N5O6S. The monoisotopic (exact) mass is 725 g/mol. The number of carbonyl (C=O) groups is 3. The van der Waals surface area contributed by atoms with Gasteiger partial charge in [-0.15, -0.1) is 11.3 Å². The summed E-state index contributed by atoms with van der Waals surface area (Å²) in [4.78, 5) is 46.3. The van der Waals surface area contributed by atoms with Crippen LogP contribution in [0.1, 0.15) is 93.6 Å². The van der Waals surface area contributed by atoms with Gasteiger partial charge in [0.15, 0.2) is 0 Å². The molecule has 0 bridgehead atoms. The summed E-state index contributed by atoms with van der Waals surface area (Å²) in [6.07, 6.45) is 1.43. The Morgan fingerprint density at radius 3 is 1.71 bits per heavy atom. The summed E-state index contributed by atoms with van der Waals surface area (Å²) >= 11 is 1.70. The molecule has 51 heavy (non-hydrogen) atoms. The predicted molar refractivity (Wildman–Crippen MR) is 205 cm³/mol. The van der Waals surface area contributed by atoms with E-state index in [1.54, 1.807) is 21.1 Å². The van der Waals surface area contributed by atoms with Crippen LogP contribution < -0.4 is 10.6 Å². The first-order valence-corrected chi connectivity index (χ1v) is 18.8. The number of unbranched alkanes of at least 4 members (excludes halogenated alkanes) is 1. The lowest BCUT2D eigenvalue weighted by molar-refractivity contribution is 0.0207. The molecule has 2 aromatic carbocycles. The molecule has 2 N–H and O–H groups in total. The van der Waals surface area contributed by atoms with Gasteiger partial charge in [0.25, 0.3) is 0 Å². The molecule has 0 unspecified atom stereocenters. The molecule has 0 aliphatic rings. The highest BCUT2D eigenvalue weighted by Crippen LogP contribution is 2.30. The van der Waals surface area contributed by atoms with E-state index in [-0.39, 0.29) is 6.09 Å². The van der Waals surface area contributed by atoms with Crippen molar-refractivity contribution < 1.29 is 28.6 Å². The van der Waals surface area contributed by atoms with E-state index >= 15 is 0 Å². The molecule has 0 fully saturated rings. The number of alkyl carbamates (subject to hydrolysis) is 1. The van der Waals surface area contributed by atoms with Gasteiger partial charge in [-0.1, -0.05) is 36.4 Å². The highest BCUT2D eigenvalue weighted by atomic mass is 32.1. The summed E-state index contributed by atoms with van der Waals surface area (Å²) in [5, 5.41) is 7.25. The fraction of sp³-hybridized carbons (Fsp3) is 0.590. The number of aromatic nitrogens is 1. The van der Waals surface area contributed by atoms with E-state index in [1.807, 2.05) is 80.5 Å². The molecule has 0 saturated heterocycles. The van der Waals surface area contributed by atoms with Crippen LogP contribution in [-0.2, 0) is 20.8 Å². The zero-order chi connectivity index (χ0) is 37.7. The molecule has 282 valence electrons. The van der Waals surface area contributed by atoms with Crippen molar-refractivity contribution >= 4 is 39.8 Å². The lowest BCUT2D eigenvalue weighted by Crippen LogP contribution is -2.40. The molecule has 0 aliphatic heterocycles. The van der Waals surface area contributed by atoms with Crippen molar-refractivity contribution in [1.82, 2.24) is 25.4 Å². The molecule has 0 radical (unpaired) electrons. The highest BCUT2D eigenvalue weighted by molar-refractivity contribution is 7.21. The Morgan fingerprint density at radius 2 is 1.18 bits per heavy atom. The molecule has 1 aromatic heterocycles. The van der Waals surface area contributed by atoms with E-state index in [1.165, 1.54) is 10.3 Å². The number of hydrogen-bond acceptors (Lipinski definition) is 9. The first-order valence-electron chi connectivity index (χ1n) is 18.0. The Hall–Kier alpha value is -3.90. The van der Waals surface area contributed by atoms with Crippen molar-refractivity contribution in [2.24, 2.45) is 0 Å². The fourth-order valence-electron chi connectivity index (χ4n) is 5.01. The largest absolute Gasteiger partial charge is 0.444 e. The van der Waals surface area contributed by atoms with Gasteiger partial charge in [0, 0.05) is 44.8 Å². The number of thiazole rings is 1. The van der Waals surface area contributed by atoms with Gasteiger partial charge < -0.3 is 34.6 Å². The molecule has 3 amide bonds. The molecule has 3 rings (SSSR count). The van der Waals surface area contributed by atoms with Gasteiger partial charge in [0.05, 0.1) is 10.2 Å². The molecule has 0 aliphatic carbocycles. The Bertz CT molecular complexity index is 1510. The van der Waals surface area contributed by atoms with E-state index in [4.69, 9.17) is 19.2 Å². The first-order chi connectivity index (χ1) is 23.9. The topological polar surface area (TPSA) is 122 Å². The number of nitrogens with one attached hydrogen (secondary N) is 2. The van der Waals surface area contributed by atoms with E-state index < -0.39 is 29.0 Å². The predicted octanol–water partition coefficient (Wildman–Crippen LogP) is 8.61. The number of hydrogen-bond donors (Lipinski definition) is 2. The lowest BCUT2D eigenvalue weighted by Gasteiger charge is -2.29. The van der Waals surface area contributed by atoms with Crippen LogP contribution in [0.2, 0.25) is 0 Å². The summed E-state index contributed by atoms with van der Waals surface area (Å²) in [5.41, 5.74) is 1.49. The minimum Gasteiger partial charge on any atom is -0.444 e. The molecule has 0 spiro atoms. The average molecular weight is 726 g/mol. The second-order valence-electron chi connectivity index (χ2n) is 15.6. The van der Waals surface area contributed by atoms with Crippen LogP contribution in [0.5, 0.6) is 0 Å². The summed E-state index contributed by atoms with van der Waals surface area (Å²) < 4.78 is 17.8. The SMILES string of the molecule is CC(C)(C)OC(=O)NCCCN(CCCCN(CCCNCc1ccc(-c2nc3ccccc3s2)cc1)C(=O)OC(C)(C)C)C(=O)OC(C)(C)C. The molecule has 3 aromatic rings. The zero-order valence-corrected chi connectivity index (χ0v) is 32.9. The smallest absolute Gasteiger partial charge is 0.410 e. The van der Waals surface area contributed by atoms with E-state index in [9.17, 15) is 14.4 Å². The van der Waals surface area contributed by atoms with Crippen LogP contribution in [0.25, 0.3) is 20.8 Å². The Morgan fingerprint density at radius 1 is 0.667 bits per heavy atom. The van der Waals surface area contributed by atoms with Crippen molar-refractivity contribution in [3.63, 3.8) is 0 Å². The normalized spacial score (nSPS) is 12.0. The van der Waals surface area contributed by atoms with Crippen LogP contribution in [0, 0.1) is 0 Å². The van der Waals surface area contributed by atoms with Crippen LogP contribution in [0.4, 0.5) is 14.4 Å². The van der Waals surface area contributed by atoms with Crippen LogP contribution in [-0.4, -0.2) is 89.1 Å². The average Bonchev–Trinajstić information content (AvgIpc) is 3.45. The van der Waals surface area contributed by atoms with Crippen molar-refractivity contribution in [2.75, 3.05) is 39.3 Å². The van der Waals surface area contributed by atoms with Crippen molar-refractivity contribution in [1.29, 1.82) is 0 Å². The number of benzene rings is 2. The molecule has 0 atom stereocenters. The minimum atomic E-state index is -0.633. The quantitative estimate of drug-likeness (QED) is 0.111. The van der Waals surface area contributed by atoms with Crippen molar-refractivity contribution in [3.8, 4) is 10.6 Å². The van der Waals surface area contributed by atoms with Gasteiger partial charge in [-0.3, -0.25) is 0 Å². The number of para-hydroxylation sites is 1. The number of ether oxygens (including phenoxy) is 3. The van der Waals surface area contributed by atoms with Gasteiger partial charge >= 0.3 is 18.3 Å². The number of amides is 3. The summed E-state index contributed by atoms with van der Waals surface area (Å²) in [6, 6.07) is 16.7. The van der Waals surface area contributed by atoms with Gasteiger partial charge in [0.2, 0.25) is 0 Å². The Balaban J connectivity index is 1.46. The van der Waals surface area contributed by atoms with Gasteiger partial charge in [0.1, 0.15) is 21.8 Å². The van der Waals surface area contributed by atoms with E-state index in [0.717, 1.165) is 35.6 Å². The van der Waals surface area contributed by atoms with Crippen LogP contribution >= 0.6 is 11.3 Å². The molecule has 0 saturated carbocycles. The number of fused-ring (bicyclic) bond motifs is 1. The number of carbonyl (C=O) groups excluding carboxylic acids is 3. The maximum Gasteiger partial charge on any atom is 0.410 e. The van der Waals surface area contributed by atoms with E-state index in [0.29, 0.717) is 52.0 Å². The summed E-state index contributed by atoms with van der Waals surface area (Å²) in [6.45, 7) is 20.3. The lowest BCUT2D eigenvalue weighted by atomic mass is 10.1. The molecule has 11 nitrogen and oxygen atoms in total. The maximum absolute atomic E-state index is 13.1. The van der Waals surface area contributed by atoms with Crippen molar-refractivity contribution in [3.05, 3.63) is 54.1 Å². The number of rotatable bonds is 16. The highest BCUT2D eigenvalue weighted by Gasteiger charge is 2.24. The molecular weight excluding hydrogens is 667 g/mol. The standard InChI is InChI=1S/C39H59N5O6S/c1-37(2,3)48-34(45)41-23-15-27-44(36(47)50-39(7,8)9)25-13-12-24-43(35(46)49-38(4,5)6)26-14-22-40-28-29-18-20-30(21-19-29)33-42-31-16-10-11-17-32(31)51-33/h10-11,16-21,40H,12-15,22-28H2,1-9H3,(H,41,45). The second kappa shape index (κ2) is 19.1. The van der Waals surface area contributed by atoms with Gasteiger partial charge in [-0.05, 0) is 112 Å². The van der Waals surface area contributed by atoms with E-state index in [2.05, 4.69) is 41.0 Å². The third-order valence-corrected chi connectivity index (χ3v) is 8.37. The fourth-order valence-corrected chi connectivity index (χ4v) is 5.98. The molecule has 1 heterocycles. The maximum atomic E-state index is 13.1. The van der Waals surface area contributed by atoms with Gasteiger partial charge in [-0.2, -0.15) is 0 Å². The molecule has 12 heteroatoms. The zero-order valence-electron chi connectivity index (χ0n) is 32.1. The first kappa shape index (κ1) is 41.5. The third-order valence-electron chi connectivity index (χ3n) is 7.29. The summed E-state index contributed by atoms with van der Waals surface area (Å²) in [5.74, 6) is 0.